The Morgan fingerprint density at radius 2 is 1.96 bits per heavy atom. The molecule has 4 rings (SSSR count). The minimum Gasteiger partial charge on any atom is -0.378 e. The van der Waals surface area contributed by atoms with Crippen LogP contribution < -0.4 is 10.2 Å². The fourth-order valence-corrected chi connectivity index (χ4v) is 3.24. The number of nitrogens with one attached hydrogen (secondary N) is 1. The number of nitrogens with zero attached hydrogens (tertiary/aromatic N) is 4. The van der Waals surface area contributed by atoms with E-state index < -0.39 is 4.92 Å². The van der Waals surface area contributed by atoms with Gasteiger partial charge in [0.05, 0.1) is 16.3 Å². The van der Waals surface area contributed by atoms with Gasteiger partial charge in [0.1, 0.15) is 5.82 Å². The molecule has 0 saturated heterocycles. The summed E-state index contributed by atoms with van der Waals surface area (Å²) in [5.74, 6) is 0.962. The van der Waals surface area contributed by atoms with Gasteiger partial charge in [-0.25, -0.2) is 4.68 Å². The molecule has 0 saturated carbocycles. The van der Waals surface area contributed by atoms with E-state index in [0.29, 0.717) is 0 Å². The summed E-state index contributed by atoms with van der Waals surface area (Å²) in [6.45, 7) is 0.862. The molecule has 0 radical (unpaired) electrons. The van der Waals surface area contributed by atoms with Gasteiger partial charge >= 0.3 is 0 Å². The van der Waals surface area contributed by atoms with Crippen LogP contribution in [0, 0.1) is 10.1 Å². The second-order valence-electron chi connectivity index (χ2n) is 6.48. The van der Waals surface area contributed by atoms with E-state index in [-0.39, 0.29) is 5.69 Å². The Hall–Kier alpha value is -3.35. The molecule has 7 nitrogen and oxygen atoms in total. The second kappa shape index (κ2) is 6.18. The number of rotatable bonds is 4. The van der Waals surface area contributed by atoms with Crippen molar-refractivity contribution in [2.45, 2.75) is 6.42 Å². The highest BCUT2D eigenvalue weighted by Crippen LogP contribution is 2.35. The minimum atomic E-state index is -0.395. The number of anilines is 2. The van der Waals surface area contributed by atoms with E-state index in [4.69, 9.17) is 5.10 Å². The third-order valence-electron chi connectivity index (χ3n) is 4.59. The van der Waals surface area contributed by atoms with E-state index in [9.17, 15) is 10.1 Å². The van der Waals surface area contributed by atoms with Crippen LogP contribution in [0.4, 0.5) is 17.2 Å². The van der Waals surface area contributed by atoms with Crippen LogP contribution in [-0.4, -0.2) is 35.3 Å². The van der Waals surface area contributed by atoms with Crippen molar-refractivity contribution in [3.05, 3.63) is 64.2 Å². The number of benzene rings is 2. The summed E-state index contributed by atoms with van der Waals surface area (Å²) in [6.07, 6.45) is 0.907. The standard InChI is InChI=1S/C19H19N5O2/c1-22(2)16-5-3-4-13(12-16)18-17-10-11-20-19(17)23(21-18)14-6-8-15(9-7-14)24(25)26/h3-9,12,20H,10-11H2,1-2H3. The first-order valence-electron chi connectivity index (χ1n) is 8.43. The van der Waals surface area contributed by atoms with Gasteiger partial charge in [0, 0.05) is 49.6 Å². The van der Waals surface area contributed by atoms with Crippen molar-refractivity contribution in [2.75, 3.05) is 30.9 Å². The Labute approximate surface area is 151 Å². The summed E-state index contributed by atoms with van der Waals surface area (Å²) in [5, 5.41) is 19.1. The normalized spacial score (nSPS) is 12.5. The molecular weight excluding hydrogens is 330 g/mol. The summed E-state index contributed by atoms with van der Waals surface area (Å²) in [5.41, 5.74) is 5.19. The summed E-state index contributed by atoms with van der Waals surface area (Å²) >= 11 is 0. The summed E-state index contributed by atoms with van der Waals surface area (Å²) in [4.78, 5) is 12.5. The lowest BCUT2D eigenvalue weighted by molar-refractivity contribution is -0.384. The SMILES string of the molecule is CN(C)c1cccc(-c2nn(-c3ccc([N+](=O)[O-])cc3)c3c2CCN3)c1. The number of aromatic nitrogens is 2. The van der Waals surface area contributed by atoms with Gasteiger partial charge in [0.25, 0.3) is 5.69 Å². The molecule has 132 valence electrons. The average molecular weight is 349 g/mol. The summed E-state index contributed by atoms with van der Waals surface area (Å²) in [7, 11) is 4.03. The molecule has 2 aromatic carbocycles. The van der Waals surface area contributed by atoms with Gasteiger partial charge in [0.2, 0.25) is 0 Å². The van der Waals surface area contributed by atoms with Gasteiger partial charge < -0.3 is 10.2 Å². The Bertz CT molecular complexity index is 976. The number of hydrogen-bond donors (Lipinski definition) is 1. The van der Waals surface area contributed by atoms with Crippen molar-refractivity contribution in [3.8, 4) is 16.9 Å². The van der Waals surface area contributed by atoms with Crippen LogP contribution in [0.1, 0.15) is 5.56 Å². The van der Waals surface area contributed by atoms with Crippen molar-refractivity contribution in [2.24, 2.45) is 0 Å². The van der Waals surface area contributed by atoms with Gasteiger partial charge in [-0.1, -0.05) is 12.1 Å². The maximum Gasteiger partial charge on any atom is 0.269 e. The molecule has 0 spiro atoms. The number of non-ortho nitro benzene ring substituents is 1. The molecule has 0 atom stereocenters. The highest BCUT2D eigenvalue weighted by atomic mass is 16.6. The van der Waals surface area contributed by atoms with Crippen molar-refractivity contribution in [3.63, 3.8) is 0 Å². The van der Waals surface area contributed by atoms with Crippen molar-refractivity contribution >= 4 is 17.2 Å². The van der Waals surface area contributed by atoms with E-state index in [0.717, 1.165) is 41.4 Å². The average Bonchev–Trinajstić information content (AvgIpc) is 3.24. The van der Waals surface area contributed by atoms with Crippen LogP contribution in [-0.2, 0) is 6.42 Å². The first-order chi connectivity index (χ1) is 12.5. The van der Waals surface area contributed by atoms with Crippen molar-refractivity contribution < 1.29 is 4.92 Å². The predicted octanol–water partition coefficient (Wildman–Crippen LogP) is 3.48. The Morgan fingerprint density at radius 1 is 1.19 bits per heavy atom. The molecule has 0 bridgehead atoms. The summed E-state index contributed by atoms with van der Waals surface area (Å²) < 4.78 is 1.84. The molecule has 0 fully saturated rings. The fraction of sp³-hybridized carbons (Fsp3) is 0.211. The van der Waals surface area contributed by atoms with Crippen LogP contribution in [0.25, 0.3) is 16.9 Å². The zero-order valence-electron chi connectivity index (χ0n) is 14.6. The van der Waals surface area contributed by atoms with Crippen LogP contribution >= 0.6 is 0 Å². The molecule has 1 N–H and O–H groups in total. The van der Waals surface area contributed by atoms with E-state index in [1.807, 2.05) is 24.8 Å². The zero-order valence-corrected chi connectivity index (χ0v) is 14.6. The van der Waals surface area contributed by atoms with Gasteiger partial charge in [-0.05, 0) is 30.7 Å². The topological polar surface area (TPSA) is 76.2 Å². The van der Waals surface area contributed by atoms with E-state index in [2.05, 4.69) is 28.4 Å². The van der Waals surface area contributed by atoms with Crippen molar-refractivity contribution in [1.29, 1.82) is 0 Å². The Balaban J connectivity index is 1.80. The monoisotopic (exact) mass is 349 g/mol. The molecule has 0 aliphatic carbocycles. The third kappa shape index (κ3) is 2.67. The number of fused-ring (bicyclic) bond motifs is 1. The van der Waals surface area contributed by atoms with E-state index in [1.54, 1.807) is 12.1 Å². The Morgan fingerprint density at radius 3 is 2.65 bits per heavy atom. The molecule has 0 amide bonds. The largest absolute Gasteiger partial charge is 0.378 e. The van der Waals surface area contributed by atoms with Crippen LogP contribution in [0.2, 0.25) is 0 Å². The van der Waals surface area contributed by atoms with Gasteiger partial charge in [-0.2, -0.15) is 5.10 Å². The summed E-state index contributed by atoms with van der Waals surface area (Å²) in [6, 6.07) is 14.8. The molecular formula is C19H19N5O2. The molecule has 1 aliphatic rings. The first-order valence-corrected chi connectivity index (χ1v) is 8.43. The first kappa shape index (κ1) is 16.1. The van der Waals surface area contributed by atoms with Gasteiger partial charge in [-0.15, -0.1) is 0 Å². The molecule has 3 aromatic rings. The van der Waals surface area contributed by atoms with Crippen LogP contribution in [0.3, 0.4) is 0 Å². The highest BCUT2D eigenvalue weighted by molar-refractivity contribution is 5.75. The molecule has 26 heavy (non-hydrogen) atoms. The zero-order chi connectivity index (χ0) is 18.3. The highest BCUT2D eigenvalue weighted by Gasteiger charge is 2.24. The van der Waals surface area contributed by atoms with Crippen LogP contribution in [0.15, 0.2) is 48.5 Å². The predicted molar refractivity (Wildman–Crippen MR) is 102 cm³/mol. The van der Waals surface area contributed by atoms with Gasteiger partial charge in [-0.3, -0.25) is 10.1 Å². The molecule has 7 heteroatoms. The maximum absolute atomic E-state index is 10.9. The molecule has 2 heterocycles. The number of hydrogen-bond acceptors (Lipinski definition) is 5. The lowest BCUT2D eigenvalue weighted by Crippen LogP contribution is -2.08. The smallest absolute Gasteiger partial charge is 0.269 e. The Kier molecular flexibility index (Phi) is 3.84. The second-order valence-corrected chi connectivity index (χ2v) is 6.48. The van der Waals surface area contributed by atoms with Crippen molar-refractivity contribution in [1.82, 2.24) is 9.78 Å². The quantitative estimate of drug-likeness (QED) is 0.576. The number of nitro benzene ring substituents is 1. The molecule has 1 aliphatic heterocycles. The lowest BCUT2D eigenvalue weighted by atomic mass is 10.1. The third-order valence-corrected chi connectivity index (χ3v) is 4.59. The van der Waals surface area contributed by atoms with Gasteiger partial charge in [0.15, 0.2) is 0 Å². The lowest BCUT2D eigenvalue weighted by Gasteiger charge is -2.13. The van der Waals surface area contributed by atoms with E-state index in [1.165, 1.54) is 17.7 Å². The van der Waals surface area contributed by atoms with Crippen LogP contribution in [0.5, 0.6) is 0 Å². The minimum absolute atomic E-state index is 0.0735. The molecule has 1 aromatic heterocycles. The molecule has 0 unspecified atom stereocenters. The van der Waals surface area contributed by atoms with E-state index >= 15 is 0 Å². The maximum atomic E-state index is 10.9. The number of nitro groups is 1. The fourth-order valence-electron chi connectivity index (χ4n) is 3.24.